The third kappa shape index (κ3) is 3.56. The highest BCUT2D eigenvalue weighted by molar-refractivity contribution is 7.12. The van der Waals surface area contributed by atoms with E-state index in [0.717, 1.165) is 48.5 Å². The second-order valence-corrected chi connectivity index (χ2v) is 7.76. The highest BCUT2D eigenvalue weighted by Gasteiger charge is 2.18. The van der Waals surface area contributed by atoms with E-state index in [1.165, 1.54) is 11.3 Å². The van der Waals surface area contributed by atoms with Crippen LogP contribution in [0.15, 0.2) is 29.8 Å². The van der Waals surface area contributed by atoms with Gasteiger partial charge in [0.15, 0.2) is 5.65 Å². The zero-order valence-electron chi connectivity index (χ0n) is 14.7. The van der Waals surface area contributed by atoms with Crippen LogP contribution >= 0.6 is 11.3 Å². The lowest BCUT2D eigenvalue weighted by molar-refractivity contribution is 0.0943. The molecule has 0 spiro atoms. The third-order valence-corrected chi connectivity index (χ3v) is 5.82. The predicted octanol–water partition coefficient (Wildman–Crippen LogP) is 2.11. The quantitative estimate of drug-likeness (QED) is 0.734. The van der Waals surface area contributed by atoms with Gasteiger partial charge in [-0.3, -0.25) is 4.79 Å². The van der Waals surface area contributed by atoms with Crippen molar-refractivity contribution in [3.05, 3.63) is 34.7 Å². The van der Waals surface area contributed by atoms with Gasteiger partial charge in [-0.05, 0) is 68.0 Å². The smallest absolute Gasteiger partial charge is 0.261 e. The van der Waals surface area contributed by atoms with Crippen molar-refractivity contribution in [2.75, 3.05) is 32.4 Å². The van der Waals surface area contributed by atoms with Crippen molar-refractivity contribution < 1.29 is 4.79 Å². The average molecular weight is 370 g/mol. The molecule has 1 saturated heterocycles. The molecule has 0 aromatic carbocycles. The minimum atomic E-state index is 0.00579. The van der Waals surface area contributed by atoms with Crippen molar-refractivity contribution in [3.8, 4) is 11.1 Å². The van der Waals surface area contributed by atoms with Crippen LogP contribution in [0.4, 0.5) is 5.95 Å². The summed E-state index contributed by atoms with van der Waals surface area (Å²) in [4.78, 5) is 19.6. The Morgan fingerprint density at radius 2 is 2.15 bits per heavy atom. The molecule has 0 atom stereocenters. The van der Waals surface area contributed by atoms with E-state index in [9.17, 15) is 4.79 Å². The number of likely N-dealkylation sites (tertiary alicyclic amines) is 1. The minimum absolute atomic E-state index is 0.00579. The van der Waals surface area contributed by atoms with Gasteiger partial charge in [-0.1, -0.05) is 0 Å². The highest BCUT2D eigenvalue weighted by Crippen LogP contribution is 2.26. The minimum Gasteiger partial charge on any atom is -0.366 e. The predicted molar refractivity (Wildman–Crippen MR) is 103 cm³/mol. The standard InChI is InChI=1S/C18H22N6OS/c1-23-6-4-12(5-7-23)9-20-17(25)15-8-14(11-26-15)13-2-3-16-21-18(19)22-24(16)10-13/h2-3,8,10-12H,4-7,9H2,1H3,(H2,19,22)(H,20,25). The Morgan fingerprint density at radius 3 is 2.96 bits per heavy atom. The van der Waals surface area contributed by atoms with Crippen LogP contribution in [0.2, 0.25) is 0 Å². The SMILES string of the molecule is CN1CCC(CNC(=O)c2cc(-c3ccc4nc(N)nn4c3)cs2)CC1. The maximum atomic E-state index is 12.5. The summed E-state index contributed by atoms with van der Waals surface area (Å²) >= 11 is 1.46. The highest BCUT2D eigenvalue weighted by atomic mass is 32.1. The molecule has 1 aliphatic heterocycles. The fraction of sp³-hybridized carbons (Fsp3) is 0.389. The van der Waals surface area contributed by atoms with Crippen LogP contribution in [-0.2, 0) is 0 Å². The maximum Gasteiger partial charge on any atom is 0.261 e. The number of rotatable bonds is 4. The van der Waals surface area contributed by atoms with Crippen molar-refractivity contribution in [1.29, 1.82) is 0 Å². The van der Waals surface area contributed by atoms with Gasteiger partial charge in [0.05, 0.1) is 4.88 Å². The Bertz CT molecular complexity index is 925. The molecule has 4 rings (SSSR count). The van der Waals surface area contributed by atoms with Gasteiger partial charge in [-0.2, -0.15) is 4.98 Å². The van der Waals surface area contributed by atoms with Gasteiger partial charge in [-0.15, -0.1) is 16.4 Å². The second-order valence-electron chi connectivity index (χ2n) is 6.85. The second kappa shape index (κ2) is 7.05. The molecule has 0 radical (unpaired) electrons. The van der Waals surface area contributed by atoms with Crippen LogP contribution in [0.5, 0.6) is 0 Å². The van der Waals surface area contributed by atoms with Gasteiger partial charge in [0.25, 0.3) is 5.91 Å². The fourth-order valence-corrected chi connectivity index (χ4v) is 4.10. The van der Waals surface area contributed by atoms with E-state index in [1.807, 2.05) is 29.8 Å². The lowest BCUT2D eigenvalue weighted by Gasteiger charge is -2.28. The Balaban J connectivity index is 1.42. The van der Waals surface area contributed by atoms with Gasteiger partial charge in [0.1, 0.15) is 0 Å². The molecule has 8 heteroatoms. The molecule has 0 unspecified atom stereocenters. The van der Waals surface area contributed by atoms with Crippen LogP contribution in [0.3, 0.4) is 0 Å². The topological polar surface area (TPSA) is 88.5 Å². The number of amides is 1. The van der Waals surface area contributed by atoms with Crippen molar-refractivity contribution in [3.63, 3.8) is 0 Å². The van der Waals surface area contributed by atoms with Gasteiger partial charge in [0.2, 0.25) is 5.95 Å². The molecule has 3 aromatic rings. The Kier molecular flexibility index (Phi) is 4.60. The van der Waals surface area contributed by atoms with E-state index in [-0.39, 0.29) is 11.9 Å². The fourth-order valence-electron chi connectivity index (χ4n) is 3.27. The zero-order chi connectivity index (χ0) is 18.1. The first-order chi connectivity index (χ1) is 12.6. The van der Waals surface area contributed by atoms with Crippen LogP contribution < -0.4 is 11.1 Å². The maximum absolute atomic E-state index is 12.5. The molecule has 26 heavy (non-hydrogen) atoms. The molecular formula is C18H22N6OS. The van der Waals surface area contributed by atoms with Crippen LogP contribution in [0, 0.1) is 5.92 Å². The summed E-state index contributed by atoms with van der Waals surface area (Å²) in [5, 5.41) is 9.21. The van der Waals surface area contributed by atoms with Gasteiger partial charge in [0, 0.05) is 18.3 Å². The van der Waals surface area contributed by atoms with Crippen molar-refractivity contribution in [2.45, 2.75) is 12.8 Å². The van der Waals surface area contributed by atoms with E-state index >= 15 is 0 Å². The number of anilines is 1. The van der Waals surface area contributed by atoms with Crippen molar-refractivity contribution >= 4 is 28.8 Å². The van der Waals surface area contributed by atoms with E-state index in [1.54, 1.807) is 4.52 Å². The summed E-state index contributed by atoms with van der Waals surface area (Å²) in [7, 11) is 2.15. The molecule has 7 nitrogen and oxygen atoms in total. The van der Waals surface area contributed by atoms with Crippen LogP contribution in [0.1, 0.15) is 22.5 Å². The summed E-state index contributed by atoms with van der Waals surface area (Å²) in [6.07, 6.45) is 4.17. The number of aromatic nitrogens is 3. The first-order valence-electron chi connectivity index (χ1n) is 8.76. The Labute approximate surface area is 155 Å². The van der Waals surface area contributed by atoms with E-state index in [4.69, 9.17) is 5.73 Å². The summed E-state index contributed by atoms with van der Waals surface area (Å²) < 4.78 is 1.65. The zero-order valence-corrected chi connectivity index (χ0v) is 15.5. The number of nitrogens with one attached hydrogen (secondary N) is 1. The monoisotopic (exact) mass is 370 g/mol. The molecule has 4 heterocycles. The molecule has 1 fully saturated rings. The summed E-state index contributed by atoms with van der Waals surface area (Å²) in [5.74, 6) is 0.836. The molecule has 136 valence electrons. The largest absolute Gasteiger partial charge is 0.366 e. The number of piperidine rings is 1. The first kappa shape index (κ1) is 17.0. The Morgan fingerprint density at radius 1 is 1.35 bits per heavy atom. The molecule has 1 amide bonds. The van der Waals surface area contributed by atoms with Crippen LogP contribution in [0.25, 0.3) is 16.8 Å². The number of hydrogen-bond donors (Lipinski definition) is 2. The van der Waals surface area contributed by atoms with Gasteiger partial charge >= 0.3 is 0 Å². The van der Waals surface area contributed by atoms with Gasteiger partial charge < -0.3 is 16.0 Å². The third-order valence-electron chi connectivity index (χ3n) is 4.89. The lowest BCUT2D eigenvalue weighted by atomic mass is 9.97. The normalized spacial score (nSPS) is 16.2. The summed E-state index contributed by atoms with van der Waals surface area (Å²) in [5.41, 5.74) is 8.31. The number of thiophene rings is 1. The van der Waals surface area contributed by atoms with Crippen LogP contribution in [-0.4, -0.2) is 52.1 Å². The molecule has 0 bridgehead atoms. The average Bonchev–Trinajstić information content (AvgIpc) is 3.26. The number of carbonyl (C=O) groups is 1. The number of pyridine rings is 1. The number of nitrogens with two attached hydrogens (primary N) is 1. The molecule has 0 aliphatic carbocycles. The first-order valence-corrected chi connectivity index (χ1v) is 9.64. The number of hydrogen-bond acceptors (Lipinski definition) is 6. The molecule has 0 saturated carbocycles. The Hall–Kier alpha value is -2.45. The number of nitrogens with zero attached hydrogens (tertiary/aromatic N) is 4. The molecular weight excluding hydrogens is 348 g/mol. The van der Waals surface area contributed by atoms with Gasteiger partial charge in [-0.25, -0.2) is 4.52 Å². The van der Waals surface area contributed by atoms with Crippen molar-refractivity contribution in [1.82, 2.24) is 24.8 Å². The molecule has 1 aliphatic rings. The molecule has 3 N–H and O–H groups in total. The number of carbonyl (C=O) groups excluding carboxylic acids is 1. The summed E-state index contributed by atoms with van der Waals surface area (Å²) in [6.45, 7) is 2.97. The lowest BCUT2D eigenvalue weighted by Crippen LogP contribution is -2.36. The molecule has 3 aromatic heterocycles. The van der Waals surface area contributed by atoms with E-state index in [2.05, 4.69) is 27.3 Å². The summed E-state index contributed by atoms with van der Waals surface area (Å²) in [6, 6.07) is 5.76. The number of nitrogen functional groups attached to an aromatic ring is 1. The number of fused-ring (bicyclic) bond motifs is 1. The van der Waals surface area contributed by atoms with Crippen molar-refractivity contribution in [2.24, 2.45) is 5.92 Å². The van der Waals surface area contributed by atoms with E-state index in [0.29, 0.717) is 11.6 Å². The van der Waals surface area contributed by atoms with E-state index < -0.39 is 0 Å².